The number of benzene rings is 2. The standard InChI is InChI=1S/C21H23N3O4/c1-14(24(26)21(22)25)17-9-6-10-18(13-17)27-12-11-19-15(2)28-20(23-19)16-7-4-3-5-8-16/h3-10,13-14,26H,11-12H2,1-2H3,(H2,22,25). The normalized spacial score (nSPS) is 11.8. The summed E-state index contributed by atoms with van der Waals surface area (Å²) in [5.74, 6) is 1.99. The molecule has 0 spiro atoms. The molecule has 0 aliphatic heterocycles. The number of rotatable bonds is 7. The number of ether oxygens (including phenoxy) is 1. The Bertz CT molecular complexity index is 940. The summed E-state index contributed by atoms with van der Waals surface area (Å²) >= 11 is 0. The Morgan fingerprint density at radius 2 is 2.00 bits per heavy atom. The summed E-state index contributed by atoms with van der Waals surface area (Å²) in [6.07, 6.45) is 0.593. The number of carbonyl (C=O) groups excluding carboxylic acids is 1. The Labute approximate surface area is 163 Å². The van der Waals surface area contributed by atoms with Crippen LogP contribution in [0.25, 0.3) is 11.5 Å². The van der Waals surface area contributed by atoms with E-state index in [2.05, 4.69) is 4.98 Å². The van der Waals surface area contributed by atoms with Crippen LogP contribution in [0.4, 0.5) is 4.79 Å². The maximum absolute atomic E-state index is 11.1. The van der Waals surface area contributed by atoms with E-state index in [0.717, 1.165) is 17.0 Å². The number of primary amides is 1. The van der Waals surface area contributed by atoms with Gasteiger partial charge >= 0.3 is 6.03 Å². The maximum atomic E-state index is 11.1. The van der Waals surface area contributed by atoms with Gasteiger partial charge in [0.2, 0.25) is 5.89 Å². The van der Waals surface area contributed by atoms with Crippen LogP contribution in [0.2, 0.25) is 0 Å². The van der Waals surface area contributed by atoms with E-state index in [0.29, 0.717) is 35.3 Å². The summed E-state index contributed by atoms with van der Waals surface area (Å²) in [5.41, 5.74) is 7.59. The predicted octanol–water partition coefficient (Wildman–Crippen LogP) is 4.10. The first-order valence-electron chi connectivity index (χ1n) is 8.97. The number of aromatic nitrogens is 1. The lowest BCUT2D eigenvalue weighted by atomic mass is 10.1. The zero-order valence-electron chi connectivity index (χ0n) is 15.8. The molecule has 0 saturated carbocycles. The molecule has 0 fully saturated rings. The second-order valence-electron chi connectivity index (χ2n) is 6.42. The van der Waals surface area contributed by atoms with E-state index in [1.807, 2.05) is 43.3 Å². The average molecular weight is 381 g/mol. The third kappa shape index (κ3) is 4.50. The number of carbonyl (C=O) groups is 1. The van der Waals surface area contributed by atoms with Crippen molar-refractivity contribution in [2.75, 3.05) is 6.61 Å². The smallest absolute Gasteiger partial charge is 0.339 e. The summed E-state index contributed by atoms with van der Waals surface area (Å²) in [6, 6.07) is 15.4. The van der Waals surface area contributed by atoms with Crippen molar-refractivity contribution in [2.45, 2.75) is 26.3 Å². The van der Waals surface area contributed by atoms with Crippen LogP contribution in [-0.2, 0) is 6.42 Å². The fourth-order valence-electron chi connectivity index (χ4n) is 2.83. The monoisotopic (exact) mass is 381 g/mol. The molecule has 146 valence electrons. The molecule has 1 aromatic heterocycles. The van der Waals surface area contributed by atoms with Crippen LogP contribution >= 0.6 is 0 Å². The van der Waals surface area contributed by atoms with Gasteiger partial charge in [-0.15, -0.1) is 0 Å². The molecule has 1 unspecified atom stereocenters. The Kier molecular flexibility index (Phi) is 5.96. The first-order valence-corrected chi connectivity index (χ1v) is 8.97. The fourth-order valence-corrected chi connectivity index (χ4v) is 2.83. The Hall–Kier alpha value is -3.32. The molecule has 7 nitrogen and oxygen atoms in total. The van der Waals surface area contributed by atoms with Gasteiger partial charge in [-0.05, 0) is 43.7 Å². The number of aryl methyl sites for hydroxylation is 1. The van der Waals surface area contributed by atoms with E-state index in [1.165, 1.54) is 0 Å². The predicted molar refractivity (Wildman–Crippen MR) is 104 cm³/mol. The van der Waals surface area contributed by atoms with Gasteiger partial charge < -0.3 is 14.9 Å². The maximum Gasteiger partial charge on any atom is 0.339 e. The van der Waals surface area contributed by atoms with Crippen molar-refractivity contribution in [2.24, 2.45) is 5.73 Å². The SMILES string of the molecule is Cc1oc(-c2ccccc2)nc1CCOc1cccc(C(C)N(O)C(N)=O)c1. The van der Waals surface area contributed by atoms with Crippen LogP contribution in [-0.4, -0.2) is 27.9 Å². The van der Waals surface area contributed by atoms with Gasteiger partial charge in [-0.1, -0.05) is 30.3 Å². The summed E-state index contributed by atoms with van der Waals surface area (Å²) in [6.45, 7) is 3.97. The van der Waals surface area contributed by atoms with E-state index >= 15 is 0 Å². The second-order valence-corrected chi connectivity index (χ2v) is 6.42. The highest BCUT2D eigenvalue weighted by Gasteiger charge is 2.17. The Balaban J connectivity index is 1.62. The molecule has 3 rings (SSSR count). The summed E-state index contributed by atoms with van der Waals surface area (Å²) < 4.78 is 11.6. The minimum absolute atomic E-state index is 0.415. The molecule has 3 aromatic rings. The van der Waals surface area contributed by atoms with Crippen molar-refractivity contribution in [1.82, 2.24) is 10.0 Å². The van der Waals surface area contributed by atoms with Gasteiger partial charge in [-0.3, -0.25) is 5.21 Å². The molecule has 7 heteroatoms. The van der Waals surface area contributed by atoms with E-state index in [4.69, 9.17) is 14.9 Å². The lowest BCUT2D eigenvalue weighted by molar-refractivity contribution is -0.0710. The van der Waals surface area contributed by atoms with E-state index in [-0.39, 0.29) is 0 Å². The number of hydroxylamine groups is 2. The van der Waals surface area contributed by atoms with E-state index in [1.54, 1.807) is 25.1 Å². The molecule has 0 saturated heterocycles. The van der Waals surface area contributed by atoms with Crippen molar-refractivity contribution in [1.29, 1.82) is 0 Å². The van der Waals surface area contributed by atoms with Gasteiger partial charge in [-0.2, -0.15) is 5.06 Å². The van der Waals surface area contributed by atoms with Crippen molar-refractivity contribution in [3.8, 4) is 17.2 Å². The lowest BCUT2D eigenvalue weighted by Gasteiger charge is -2.21. The van der Waals surface area contributed by atoms with Crippen LogP contribution in [0.5, 0.6) is 5.75 Å². The van der Waals surface area contributed by atoms with Gasteiger partial charge in [0, 0.05) is 12.0 Å². The highest BCUT2D eigenvalue weighted by Crippen LogP contribution is 2.24. The van der Waals surface area contributed by atoms with Crippen molar-refractivity contribution < 1.29 is 19.2 Å². The van der Waals surface area contributed by atoms with Crippen molar-refractivity contribution in [3.63, 3.8) is 0 Å². The fraction of sp³-hybridized carbons (Fsp3) is 0.238. The van der Waals surface area contributed by atoms with Gasteiger partial charge in [0.25, 0.3) is 0 Å². The molecule has 0 bridgehead atoms. The molecule has 0 radical (unpaired) electrons. The average Bonchev–Trinajstić information content (AvgIpc) is 3.08. The lowest BCUT2D eigenvalue weighted by Crippen LogP contribution is -2.34. The molecular formula is C21H23N3O4. The molecule has 2 aromatic carbocycles. The number of hydrogen-bond donors (Lipinski definition) is 2. The summed E-state index contributed by atoms with van der Waals surface area (Å²) in [7, 11) is 0. The van der Waals surface area contributed by atoms with Gasteiger partial charge in [0.1, 0.15) is 11.5 Å². The second kappa shape index (κ2) is 8.58. The number of hydrogen-bond acceptors (Lipinski definition) is 5. The van der Waals surface area contributed by atoms with Gasteiger partial charge in [-0.25, -0.2) is 9.78 Å². The first-order chi connectivity index (χ1) is 13.5. The Morgan fingerprint density at radius 1 is 1.25 bits per heavy atom. The minimum atomic E-state index is -0.908. The van der Waals surface area contributed by atoms with Crippen molar-refractivity contribution >= 4 is 6.03 Å². The number of urea groups is 1. The molecule has 28 heavy (non-hydrogen) atoms. The Morgan fingerprint density at radius 3 is 2.71 bits per heavy atom. The topological polar surface area (TPSA) is 102 Å². The highest BCUT2D eigenvalue weighted by atomic mass is 16.5. The highest BCUT2D eigenvalue weighted by molar-refractivity contribution is 5.71. The molecule has 1 heterocycles. The van der Waals surface area contributed by atoms with E-state index < -0.39 is 12.1 Å². The molecule has 1 atom stereocenters. The van der Waals surface area contributed by atoms with Crippen LogP contribution in [0.3, 0.4) is 0 Å². The number of nitrogens with zero attached hydrogens (tertiary/aromatic N) is 2. The van der Waals surface area contributed by atoms with Crippen molar-refractivity contribution in [3.05, 3.63) is 71.6 Å². The largest absolute Gasteiger partial charge is 0.493 e. The van der Waals surface area contributed by atoms with Gasteiger partial charge in [0.05, 0.1) is 18.3 Å². The van der Waals surface area contributed by atoms with Crippen LogP contribution in [0.1, 0.15) is 30.0 Å². The van der Waals surface area contributed by atoms with Crippen LogP contribution < -0.4 is 10.5 Å². The number of nitrogens with two attached hydrogens (primary N) is 1. The summed E-state index contributed by atoms with van der Waals surface area (Å²) in [4.78, 5) is 15.7. The minimum Gasteiger partial charge on any atom is -0.493 e. The quantitative estimate of drug-likeness (QED) is 0.474. The van der Waals surface area contributed by atoms with Crippen LogP contribution in [0, 0.1) is 6.92 Å². The van der Waals surface area contributed by atoms with Gasteiger partial charge in [0.15, 0.2) is 0 Å². The summed E-state index contributed by atoms with van der Waals surface area (Å²) in [5, 5.41) is 10.2. The zero-order valence-corrected chi connectivity index (χ0v) is 15.8. The first kappa shape index (κ1) is 19.4. The van der Waals surface area contributed by atoms with Crippen LogP contribution in [0.15, 0.2) is 59.0 Å². The number of oxazole rings is 1. The molecule has 3 N–H and O–H groups in total. The molecule has 0 aliphatic rings. The molecule has 2 amide bonds. The third-order valence-electron chi connectivity index (χ3n) is 4.45. The molecular weight excluding hydrogens is 358 g/mol. The number of amides is 2. The van der Waals surface area contributed by atoms with E-state index in [9.17, 15) is 10.0 Å². The zero-order chi connectivity index (χ0) is 20.1. The molecule has 0 aliphatic carbocycles. The third-order valence-corrected chi connectivity index (χ3v) is 4.45.